The van der Waals surface area contributed by atoms with Crippen LogP contribution in [0.1, 0.15) is 50.6 Å². The van der Waals surface area contributed by atoms with Crippen LogP contribution in [0.15, 0.2) is 58.3 Å². The summed E-state index contributed by atoms with van der Waals surface area (Å²) < 4.78 is 0. The number of amides is 1. The van der Waals surface area contributed by atoms with Gasteiger partial charge >= 0.3 is 0 Å². The van der Waals surface area contributed by atoms with Crippen LogP contribution in [0, 0.1) is 0 Å². The third kappa shape index (κ3) is 5.09. The van der Waals surface area contributed by atoms with Crippen LogP contribution in [0.5, 0.6) is 0 Å². The summed E-state index contributed by atoms with van der Waals surface area (Å²) in [4.78, 5) is 16.4. The van der Waals surface area contributed by atoms with Crippen molar-refractivity contribution >= 4 is 35.8 Å². The van der Waals surface area contributed by atoms with E-state index in [4.69, 9.17) is 0 Å². The highest BCUT2D eigenvalue weighted by molar-refractivity contribution is 7.99. The number of hydrogen-bond donors (Lipinski definition) is 1. The number of para-hydroxylation sites is 1. The number of fused-ring (bicyclic) bond motifs is 1. The van der Waals surface area contributed by atoms with Crippen LogP contribution < -0.4 is 5.32 Å². The Bertz CT molecular complexity index is 784. The molecule has 2 aliphatic heterocycles. The zero-order chi connectivity index (χ0) is 17.9. The molecule has 0 aromatic heterocycles. The van der Waals surface area contributed by atoms with Gasteiger partial charge in [-0.3, -0.25) is 9.69 Å². The Morgan fingerprint density at radius 2 is 1.75 bits per heavy atom. The predicted molar refractivity (Wildman–Crippen MR) is 118 cm³/mol. The highest BCUT2D eigenvalue weighted by Gasteiger charge is 2.34. The second-order valence-corrected chi connectivity index (χ2v) is 8.44. The van der Waals surface area contributed by atoms with Crippen molar-refractivity contribution in [2.75, 3.05) is 11.9 Å². The summed E-state index contributed by atoms with van der Waals surface area (Å²) in [7, 11) is 0. The average molecular weight is 421 g/mol. The Hall–Kier alpha value is -1.53. The van der Waals surface area contributed by atoms with Gasteiger partial charge in [0.25, 0.3) is 0 Å². The van der Waals surface area contributed by atoms with Gasteiger partial charge in [0.05, 0.1) is 5.69 Å². The lowest BCUT2D eigenvalue weighted by Gasteiger charge is -2.38. The summed E-state index contributed by atoms with van der Waals surface area (Å²) in [6.07, 6.45) is 6.75. The number of benzene rings is 2. The molecule has 4 nitrogen and oxygen atoms in total. The van der Waals surface area contributed by atoms with Crippen LogP contribution in [-0.2, 0) is 4.79 Å². The van der Waals surface area contributed by atoms with Crippen molar-refractivity contribution in [3.8, 4) is 0 Å². The molecular weight excluding hydrogens is 392 g/mol. The minimum atomic E-state index is -0.0362. The number of hydrogen-bond acceptors (Lipinski definition) is 3. The zero-order valence-electron chi connectivity index (χ0n) is 16.2. The number of nitrogens with one attached hydrogen (secondary N) is 1. The molecule has 2 saturated heterocycles. The third-order valence-electron chi connectivity index (χ3n) is 5.53. The molecule has 152 valence electrons. The molecule has 2 atom stereocenters. The monoisotopic (exact) mass is 420 g/mol. The Morgan fingerprint density at radius 1 is 1.04 bits per heavy atom. The van der Waals surface area contributed by atoms with E-state index >= 15 is 0 Å². The molecule has 2 heterocycles. The summed E-state index contributed by atoms with van der Waals surface area (Å²) in [5.74, 6) is -0.0362. The molecule has 0 saturated carbocycles. The van der Waals surface area contributed by atoms with Crippen LogP contribution in [0.3, 0.4) is 0 Å². The molecule has 2 aromatic rings. The van der Waals surface area contributed by atoms with Gasteiger partial charge in [-0.05, 0) is 68.5 Å². The van der Waals surface area contributed by atoms with E-state index in [1.807, 2.05) is 18.2 Å². The Labute approximate surface area is 177 Å². The van der Waals surface area contributed by atoms with Crippen molar-refractivity contribution in [3.05, 3.63) is 54.1 Å². The number of nitrogens with zero attached hydrogens (tertiary/aromatic N) is 1. The zero-order valence-corrected chi connectivity index (χ0v) is 17.8. The summed E-state index contributed by atoms with van der Waals surface area (Å²) in [5.41, 5.74) is 2.33. The number of rotatable bonds is 4. The Kier molecular flexibility index (Phi) is 8.38. The average Bonchev–Trinajstić information content (AvgIpc) is 3.12. The number of carbonyl (C=O) groups excluding carboxylic acids is 1. The lowest BCUT2D eigenvalue weighted by atomic mass is 9.92. The van der Waals surface area contributed by atoms with Crippen LogP contribution in [-0.4, -0.2) is 28.9 Å². The van der Waals surface area contributed by atoms with Gasteiger partial charge in [-0.15, -0.1) is 12.4 Å². The lowest BCUT2D eigenvalue weighted by Crippen LogP contribution is -2.37. The van der Waals surface area contributed by atoms with E-state index in [9.17, 15) is 4.79 Å². The molecule has 4 rings (SSSR count). The van der Waals surface area contributed by atoms with Gasteiger partial charge in [-0.2, -0.15) is 0 Å². The molecular formula is C22H29ClN2O2S. The number of halogens is 1. The van der Waals surface area contributed by atoms with Gasteiger partial charge in [0, 0.05) is 28.8 Å². The van der Waals surface area contributed by atoms with Crippen LogP contribution in [0.2, 0.25) is 0 Å². The molecule has 3 N–H and O–H groups in total. The fraction of sp³-hybridized carbons (Fsp3) is 0.409. The normalized spacial score (nSPS) is 21.2. The van der Waals surface area contributed by atoms with Crippen LogP contribution >= 0.6 is 24.2 Å². The molecule has 0 bridgehead atoms. The van der Waals surface area contributed by atoms with Crippen molar-refractivity contribution in [2.45, 2.75) is 60.9 Å². The largest absolute Gasteiger partial charge is 0.412 e. The SMILES string of the molecule is CC(=O)Nc1ccccc1Sc1ccc([C@H]2CCC[C@H]3CCCN32)cc1.Cl.O. The van der Waals surface area contributed by atoms with Gasteiger partial charge in [-0.25, -0.2) is 0 Å². The lowest BCUT2D eigenvalue weighted by molar-refractivity contribution is -0.114. The van der Waals surface area contributed by atoms with Gasteiger partial charge < -0.3 is 10.8 Å². The summed E-state index contributed by atoms with van der Waals surface area (Å²) in [6.45, 7) is 2.81. The van der Waals surface area contributed by atoms with Gasteiger partial charge in [-0.1, -0.05) is 36.0 Å². The molecule has 2 fully saturated rings. The maximum atomic E-state index is 11.4. The highest BCUT2D eigenvalue weighted by Crippen LogP contribution is 2.40. The number of carbonyl (C=O) groups is 1. The fourth-order valence-electron chi connectivity index (χ4n) is 4.38. The Balaban J connectivity index is 0.00000140. The van der Waals surface area contributed by atoms with Crippen LogP contribution in [0.4, 0.5) is 5.69 Å². The first-order valence-corrected chi connectivity index (χ1v) is 10.4. The second kappa shape index (κ2) is 10.3. The van der Waals surface area contributed by atoms with E-state index < -0.39 is 0 Å². The quantitative estimate of drug-likeness (QED) is 0.749. The number of piperidine rings is 1. The molecule has 2 aromatic carbocycles. The first-order chi connectivity index (χ1) is 12.7. The van der Waals surface area contributed by atoms with Crippen molar-refractivity contribution in [1.82, 2.24) is 4.90 Å². The molecule has 1 amide bonds. The van der Waals surface area contributed by atoms with E-state index in [-0.39, 0.29) is 23.8 Å². The molecule has 28 heavy (non-hydrogen) atoms. The first kappa shape index (κ1) is 22.8. The minimum absolute atomic E-state index is 0. The minimum Gasteiger partial charge on any atom is -0.412 e. The summed E-state index contributed by atoms with van der Waals surface area (Å²) >= 11 is 1.70. The maximum Gasteiger partial charge on any atom is 0.221 e. The van der Waals surface area contributed by atoms with E-state index in [2.05, 4.69) is 40.5 Å². The van der Waals surface area contributed by atoms with Gasteiger partial charge in [0.1, 0.15) is 0 Å². The second-order valence-electron chi connectivity index (χ2n) is 7.33. The molecule has 0 aliphatic carbocycles. The van der Waals surface area contributed by atoms with Crippen molar-refractivity contribution in [1.29, 1.82) is 0 Å². The molecule has 0 spiro atoms. The maximum absolute atomic E-state index is 11.4. The molecule has 0 unspecified atom stereocenters. The van der Waals surface area contributed by atoms with E-state index in [0.717, 1.165) is 16.6 Å². The standard InChI is InChI=1S/C22H26N2OS.ClH.H2O/c1-16(25)23-20-8-2-3-10-22(20)26-19-13-11-17(12-14-19)21-9-4-6-18-7-5-15-24(18)21;;/h2-3,8,10-14,18,21H,4-7,9,15H2,1H3,(H,23,25);1H;1H2/t18-,21+;;/m0../s1. The highest BCUT2D eigenvalue weighted by atomic mass is 35.5. The van der Waals surface area contributed by atoms with Gasteiger partial charge in [0.15, 0.2) is 0 Å². The summed E-state index contributed by atoms with van der Waals surface area (Å²) in [5, 5.41) is 2.92. The fourth-order valence-corrected chi connectivity index (χ4v) is 5.28. The van der Waals surface area contributed by atoms with Crippen molar-refractivity contribution < 1.29 is 10.3 Å². The van der Waals surface area contributed by atoms with Crippen molar-refractivity contribution in [3.63, 3.8) is 0 Å². The van der Waals surface area contributed by atoms with E-state index in [1.165, 1.54) is 49.1 Å². The summed E-state index contributed by atoms with van der Waals surface area (Å²) in [6, 6.07) is 18.4. The van der Waals surface area contributed by atoms with Crippen LogP contribution in [0.25, 0.3) is 0 Å². The third-order valence-corrected chi connectivity index (χ3v) is 6.61. The topological polar surface area (TPSA) is 63.8 Å². The predicted octanol–water partition coefficient (Wildman–Crippen LogP) is 5.08. The van der Waals surface area contributed by atoms with Gasteiger partial charge in [0.2, 0.25) is 5.91 Å². The first-order valence-electron chi connectivity index (χ1n) is 9.61. The van der Waals surface area contributed by atoms with Crippen molar-refractivity contribution in [2.24, 2.45) is 0 Å². The molecule has 0 radical (unpaired) electrons. The molecule has 2 aliphatic rings. The smallest absolute Gasteiger partial charge is 0.221 e. The van der Waals surface area contributed by atoms with E-state index in [1.54, 1.807) is 18.7 Å². The number of anilines is 1. The molecule has 6 heteroatoms. The Morgan fingerprint density at radius 3 is 2.50 bits per heavy atom. The van der Waals surface area contributed by atoms with E-state index in [0.29, 0.717) is 6.04 Å².